The van der Waals surface area contributed by atoms with E-state index in [-0.39, 0.29) is 0 Å². The van der Waals surface area contributed by atoms with Crippen molar-refractivity contribution in [2.75, 3.05) is 12.4 Å². The van der Waals surface area contributed by atoms with Gasteiger partial charge in [-0.2, -0.15) is 5.26 Å². The molecule has 0 fully saturated rings. The number of methoxy groups -OCH3 is 1. The number of carbonyl (C=O) groups excluding carboxylic acids is 2. The summed E-state index contributed by atoms with van der Waals surface area (Å²) in [5.74, 6) is -0.393. The summed E-state index contributed by atoms with van der Waals surface area (Å²) in [7, 11) is 1.57. The molecule has 0 spiro atoms. The van der Waals surface area contributed by atoms with E-state index in [0.717, 1.165) is 11.3 Å². The average molecular weight is 350 g/mol. The van der Waals surface area contributed by atoms with Gasteiger partial charge in [-0.05, 0) is 48.9 Å². The fourth-order valence-corrected chi connectivity index (χ4v) is 2.06. The number of nitrogens with zero attached hydrogens (tertiary/aromatic N) is 1. The number of nitriles is 1. The first-order valence-corrected chi connectivity index (χ1v) is 7.85. The highest BCUT2D eigenvalue weighted by Crippen LogP contribution is 2.13. The van der Waals surface area contributed by atoms with Gasteiger partial charge in [-0.3, -0.25) is 4.79 Å². The summed E-state index contributed by atoms with van der Waals surface area (Å²) in [6.45, 7) is 1.47. The molecule has 0 aromatic heterocycles. The Balaban J connectivity index is 1.89. The molecule has 0 bridgehead atoms. The zero-order valence-corrected chi connectivity index (χ0v) is 14.4. The number of hydrogen-bond acceptors (Lipinski definition) is 5. The zero-order chi connectivity index (χ0) is 18.9. The van der Waals surface area contributed by atoms with Crippen molar-refractivity contribution in [3.8, 4) is 11.8 Å². The molecule has 6 nitrogen and oxygen atoms in total. The van der Waals surface area contributed by atoms with Crippen LogP contribution in [0.2, 0.25) is 0 Å². The number of anilines is 1. The van der Waals surface area contributed by atoms with Crippen LogP contribution in [0.5, 0.6) is 5.75 Å². The molecule has 0 saturated heterocycles. The molecule has 1 unspecified atom stereocenters. The monoisotopic (exact) mass is 350 g/mol. The van der Waals surface area contributed by atoms with Gasteiger partial charge >= 0.3 is 5.97 Å². The maximum absolute atomic E-state index is 12.1. The summed E-state index contributed by atoms with van der Waals surface area (Å²) in [5, 5.41) is 11.5. The first kappa shape index (κ1) is 18.7. The highest BCUT2D eigenvalue weighted by Gasteiger charge is 2.16. The maximum Gasteiger partial charge on any atom is 0.331 e. The lowest BCUT2D eigenvalue weighted by molar-refractivity contribution is -0.148. The molecule has 2 rings (SSSR count). The van der Waals surface area contributed by atoms with Crippen LogP contribution >= 0.6 is 0 Å². The highest BCUT2D eigenvalue weighted by atomic mass is 16.5. The van der Waals surface area contributed by atoms with Crippen molar-refractivity contribution in [3.05, 3.63) is 65.7 Å². The summed E-state index contributed by atoms with van der Waals surface area (Å²) in [6, 6.07) is 15.6. The fourth-order valence-electron chi connectivity index (χ4n) is 2.06. The maximum atomic E-state index is 12.1. The van der Waals surface area contributed by atoms with Gasteiger partial charge < -0.3 is 14.8 Å². The molecule has 0 aliphatic heterocycles. The van der Waals surface area contributed by atoms with Crippen LogP contribution in [-0.4, -0.2) is 25.1 Å². The van der Waals surface area contributed by atoms with Crippen molar-refractivity contribution in [3.63, 3.8) is 0 Å². The molecule has 1 amide bonds. The number of hydrogen-bond donors (Lipinski definition) is 1. The lowest BCUT2D eigenvalue weighted by Gasteiger charge is -2.12. The smallest absolute Gasteiger partial charge is 0.331 e. The van der Waals surface area contributed by atoms with Gasteiger partial charge in [-0.15, -0.1) is 0 Å². The van der Waals surface area contributed by atoms with E-state index in [0.29, 0.717) is 11.3 Å². The predicted octanol–water partition coefficient (Wildman–Crippen LogP) is 3.15. The number of esters is 1. The summed E-state index contributed by atoms with van der Waals surface area (Å²) in [5.41, 5.74) is 1.69. The lowest BCUT2D eigenvalue weighted by atomic mass is 10.2. The van der Waals surface area contributed by atoms with Crippen LogP contribution in [0.25, 0.3) is 6.08 Å². The second kappa shape index (κ2) is 9.04. The van der Waals surface area contributed by atoms with Crippen LogP contribution in [0.3, 0.4) is 0 Å². The van der Waals surface area contributed by atoms with E-state index in [1.54, 1.807) is 55.7 Å². The largest absolute Gasteiger partial charge is 0.497 e. The van der Waals surface area contributed by atoms with Gasteiger partial charge in [0.25, 0.3) is 5.91 Å². The van der Waals surface area contributed by atoms with Crippen LogP contribution in [0.15, 0.2) is 54.6 Å². The van der Waals surface area contributed by atoms with Crippen LogP contribution < -0.4 is 10.1 Å². The Labute approximate surface area is 151 Å². The molecule has 132 valence electrons. The topological polar surface area (TPSA) is 88.4 Å². The van der Waals surface area contributed by atoms with Gasteiger partial charge in [0.2, 0.25) is 0 Å². The second-order valence-electron chi connectivity index (χ2n) is 5.37. The van der Waals surface area contributed by atoms with E-state index in [1.807, 2.05) is 6.07 Å². The minimum absolute atomic E-state index is 0.426. The standard InChI is InChI=1S/C20H18N2O4/c1-14(20(24)22-17-5-3-4-16(12-17)13-21)26-19(23)11-8-15-6-9-18(25-2)10-7-15/h3-12,14H,1-2H3,(H,22,24). The minimum Gasteiger partial charge on any atom is -0.497 e. The number of nitrogens with one attached hydrogen (secondary N) is 1. The molecular formula is C20H18N2O4. The minimum atomic E-state index is -0.978. The molecule has 0 saturated carbocycles. The molecule has 26 heavy (non-hydrogen) atoms. The molecule has 0 heterocycles. The molecule has 2 aromatic carbocycles. The average Bonchev–Trinajstić information content (AvgIpc) is 2.66. The van der Waals surface area contributed by atoms with E-state index in [1.165, 1.54) is 19.1 Å². The third-order valence-electron chi connectivity index (χ3n) is 3.45. The lowest BCUT2D eigenvalue weighted by Crippen LogP contribution is -2.29. The summed E-state index contributed by atoms with van der Waals surface area (Å²) in [4.78, 5) is 23.9. The van der Waals surface area contributed by atoms with E-state index < -0.39 is 18.0 Å². The molecule has 2 aromatic rings. The number of amides is 1. The molecule has 0 aliphatic rings. The van der Waals surface area contributed by atoms with Crippen LogP contribution in [0, 0.1) is 11.3 Å². The van der Waals surface area contributed by atoms with Crippen molar-refractivity contribution in [2.45, 2.75) is 13.0 Å². The van der Waals surface area contributed by atoms with Gasteiger partial charge in [-0.25, -0.2) is 4.79 Å². The molecule has 6 heteroatoms. The predicted molar refractivity (Wildman–Crippen MR) is 97.4 cm³/mol. The summed E-state index contributed by atoms with van der Waals surface area (Å²) >= 11 is 0. The van der Waals surface area contributed by atoms with Gasteiger partial charge in [-0.1, -0.05) is 18.2 Å². The van der Waals surface area contributed by atoms with E-state index in [2.05, 4.69) is 5.32 Å². The Kier molecular flexibility index (Phi) is 6.52. The number of benzene rings is 2. The first-order valence-electron chi connectivity index (χ1n) is 7.85. The SMILES string of the molecule is COc1ccc(C=CC(=O)OC(C)C(=O)Nc2cccc(C#N)c2)cc1. The van der Waals surface area contributed by atoms with Crippen LogP contribution in [0.4, 0.5) is 5.69 Å². The Morgan fingerprint density at radius 2 is 1.92 bits per heavy atom. The van der Waals surface area contributed by atoms with Gasteiger partial charge in [0.15, 0.2) is 6.10 Å². The molecule has 1 atom stereocenters. The first-order chi connectivity index (χ1) is 12.5. The second-order valence-corrected chi connectivity index (χ2v) is 5.37. The van der Waals surface area contributed by atoms with Crippen molar-refractivity contribution in [1.29, 1.82) is 5.26 Å². The third-order valence-corrected chi connectivity index (χ3v) is 3.45. The van der Waals surface area contributed by atoms with Gasteiger partial charge in [0.1, 0.15) is 5.75 Å². The van der Waals surface area contributed by atoms with Crippen molar-refractivity contribution >= 4 is 23.6 Å². The van der Waals surface area contributed by atoms with Crippen LogP contribution in [0.1, 0.15) is 18.1 Å². The highest BCUT2D eigenvalue weighted by molar-refractivity contribution is 5.96. The van der Waals surface area contributed by atoms with E-state index in [9.17, 15) is 9.59 Å². The summed E-state index contributed by atoms with van der Waals surface area (Å²) in [6.07, 6.45) is 1.86. The number of ether oxygens (including phenoxy) is 2. The Hall–Kier alpha value is -3.59. The van der Waals surface area contributed by atoms with Crippen molar-refractivity contribution in [1.82, 2.24) is 0 Å². The third kappa shape index (κ3) is 5.49. The van der Waals surface area contributed by atoms with Gasteiger partial charge in [0.05, 0.1) is 18.7 Å². The molecule has 0 aliphatic carbocycles. The molecule has 0 radical (unpaired) electrons. The Morgan fingerprint density at radius 3 is 2.58 bits per heavy atom. The van der Waals surface area contributed by atoms with Gasteiger partial charge in [0, 0.05) is 11.8 Å². The Morgan fingerprint density at radius 1 is 1.19 bits per heavy atom. The molecular weight excluding hydrogens is 332 g/mol. The molecule has 1 N–H and O–H groups in total. The van der Waals surface area contributed by atoms with E-state index >= 15 is 0 Å². The summed E-state index contributed by atoms with van der Waals surface area (Å²) < 4.78 is 10.1. The quantitative estimate of drug-likeness (QED) is 0.639. The van der Waals surface area contributed by atoms with Crippen molar-refractivity contribution < 1.29 is 19.1 Å². The zero-order valence-electron chi connectivity index (χ0n) is 14.4. The number of rotatable bonds is 6. The Bertz CT molecular complexity index is 851. The van der Waals surface area contributed by atoms with Crippen molar-refractivity contribution in [2.24, 2.45) is 0 Å². The number of carbonyl (C=O) groups is 2. The normalized spacial score (nSPS) is 11.4. The fraction of sp³-hybridized carbons (Fsp3) is 0.150. The van der Waals surface area contributed by atoms with E-state index in [4.69, 9.17) is 14.7 Å². The van der Waals surface area contributed by atoms with Crippen LogP contribution in [-0.2, 0) is 14.3 Å².